The van der Waals surface area contributed by atoms with Crippen molar-refractivity contribution < 1.29 is 23.9 Å². The molecule has 3 aliphatic rings. The Bertz CT molecular complexity index is 1060. The number of hydrogen-bond donors (Lipinski definition) is 1. The number of ether oxygens (including phenoxy) is 2. The molecule has 3 amide bonds. The minimum atomic E-state index is -0.917. The van der Waals surface area contributed by atoms with Crippen LogP contribution in [-0.4, -0.2) is 78.2 Å². The first-order valence-electron chi connectivity index (χ1n) is 12.2. The van der Waals surface area contributed by atoms with Crippen LogP contribution in [0.2, 0.25) is 0 Å². The lowest BCUT2D eigenvalue weighted by atomic mass is 9.96. The molecule has 2 aromatic rings. The summed E-state index contributed by atoms with van der Waals surface area (Å²) in [6.45, 7) is 4.16. The lowest BCUT2D eigenvalue weighted by molar-refractivity contribution is -0.128. The van der Waals surface area contributed by atoms with Crippen LogP contribution in [0.4, 0.5) is 0 Å². The summed E-state index contributed by atoms with van der Waals surface area (Å²) in [6, 6.07) is 10.3. The molecule has 4 heterocycles. The van der Waals surface area contributed by atoms with Crippen LogP contribution in [0.5, 0.6) is 0 Å². The van der Waals surface area contributed by atoms with Gasteiger partial charge in [0.15, 0.2) is 0 Å². The van der Waals surface area contributed by atoms with E-state index in [0.29, 0.717) is 42.9 Å². The van der Waals surface area contributed by atoms with Crippen molar-refractivity contribution in [3.63, 3.8) is 0 Å². The molecule has 5 rings (SSSR count). The average molecular weight is 498 g/mol. The maximum atomic E-state index is 13.8. The van der Waals surface area contributed by atoms with Crippen molar-refractivity contribution in [2.45, 2.75) is 50.5 Å². The summed E-state index contributed by atoms with van der Waals surface area (Å²) in [5.74, 6) is -0.456. The van der Waals surface area contributed by atoms with Gasteiger partial charge in [-0.25, -0.2) is 0 Å². The fraction of sp³-hybridized carbons (Fsp3) is 0.500. The van der Waals surface area contributed by atoms with E-state index < -0.39 is 11.8 Å². The number of amides is 3. The number of rotatable bonds is 5. The molecule has 3 aliphatic heterocycles. The number of carbonyl (C=O) groups excluding carboxylic acids is 3. The second-order valence-electron chi connectivity index (χ2n) is 9.46. The maximum Gasteiger partial charge on any atom is 0.263 e. The molecule has 3 fully saturated rings. The molecular formula is C26H31N3O5S. The normalized spacial score (nSPS) is 23.6. The first-order chi connectivity index (χ1) is 17.0. The van der Waals surface area contributed by atoms with Gasteiger partial charge in [0.2, 0.25) is 5.91 Å². The standard InChI is InChI=1S/C26H31N3O5S/c1-18-6-8-19(9-7-18)24(31)29-21(23(30)27-16-20-4-2-14-33-20)17-34-26(29)10-12-28(13-11-26)25(32)22-5-3-15-35-22/h3,5-9,15,20-21H,2,4,10-14,16-17H2,1H3,(H,27,30). The third kappa shape index (κ3) is 4.85. The molecule has 8 nitrogen and oxygen atoms in total. The largest absolute Gasteiger partial charge is 0.376 e. The summed E-state index contributed by atoms with van der Waals surface area (Å²) in [5, 5.41) is 4.87. The van der Waals surface area contributed by atoms with Crippen molar-refractivity contribution in [2.75, 3.05) is 32.8 Å². The Morgan fingerprint density at radius 3 is 2.54 bits per heavy atom. The Morgan fingerprint density at radius 1 is 1.11 bits per heavy atom. The number of piperidine rings is 1. The highest BCUT2D eigenvalue weighted by atomic mass is 32.1. The summed E-state index contributed by atoms with van der Waals surface area (Å²) in [6.07, 6.45) is 2.84. The van der Waals surface area contributed by atoms with Crippen LogP contribution in [0.15, 0.2) is 41.8 Å². The first-order valence-corrected chi connectivity index (χ1v) is 13.1. The van der Waals surface area contributed by atoms with Crippen molar-refractivity contribution in [1.29, 1.82) is 0 Å². The Kier molecular flexibility index (Phi) is 6.91. The number of nitrogens with zero attached hydrogens (tertiary/aromatic N) is 2. The number of nitrogens with one attached hydrogen (secondary N) is 1. The zero-order valence-corrected chi connectivity index (χ0v) is 20.7. The summed E-state index contributed by atoms with van der Waals surface area (Å²) in [4.78, 5) is 44.0. The second kappa shape index (κ2) is 10.1. The van der Waals surface area contributed by atoms with Crippen LogP contribution in [0.3, 0.4) is 0 Å². The van der Waals surface area contributed by atoms with E-state index >= 15 is 0 Å². The highest BCUT2D eigenvalue weighted by molar-refractivity contribution is 7.12. The van der Waals surface area contributed by atoms with Crippen LogP contribution in [0.1, 0.15) is 51.3 Å². The van der Waals surface area contributed by atoms with Crippen molar-refractivity contribution in [3.05, 3.63) is 57.8 Å². The van der Waals surface area contributed by atoms with Crippen molar-refractivity contribution >= 4 is 29.1 Å². The Morgan fingerprint density at radius 2 is 1.89 bits per heavy atom. The summed E-state index contributed by atoms with van der Waals surface area (Å²) >= 11 is 1.42. The molecule has 2 atom stereocenters. The Labute approximate surface area is 209 Å². The molecule has 1 N–H and O–H groups in total. The monoisotopic (exact) mass is 497 g/mol. The Hall–Kier alpha value is -2.75. The third-order valence-electron chi connectivity index (χ3n) is 7.17. The van der Waals surface area contributed by atoms with Gasteiger partial charge in [-0.15, -0.1) is 11.3 Å². The van der Waals surface area contributed by atoms with E-state index in [9.17, 15) is 14.4 Å². The van der Waals surface area contributed by atoms with Gasteiger partial charge in [-0.3, -0.25) is 19.3 Å². The zero-order valence-electron chi connectivity index (χ0n) is 19.9. The molecule has 2 unspecified atom stereocenters. The van der Waals surface area contributed by atoms with Crippen LogP contribution in [-0.2, 0) is 14.3 Å². The molecule has 1 aromatic heterocycles. The lowest BCUT2D eigenvalue weighted by Crippen LogP contribution is -2.60. The molecule has 1 spiro atoms. The van der Waals surface area contributed by atoms with Gasteiger partial charge < -0.3 is 19.7 Å². The number of hydrogen-bond acceptors (Lipinski definition) is 6. The molecule has 3 saturated heterocycles. The van der Waals surface area contributed by atoms with Gasteiger partial charge >= 0.3 is 0 Å². The number of aryl methyl sites for hydroxylation is 1. The molecule has 0 aliphatic carbocycles. The second-order valence-corrected chi connectivity index (χ2v) is 10.4. The molecule has 0 saturated carbocycles. The van der Waals surface area contributed by atoms with Crippen LogP contribution in [0, 0.1) is 6.92 Å². The highest BCUT2D eigenvalue weighted by Crippen LogP contribution is 2.39. The van der Waals surface area contributed by atoms with Crippen molar-refractivity contribution in [2.24, 2.45) is 0 Å². The minimum Gasteiger partial charge on any atom is -0.376 e. The molecular weight excluding hydrogens is 466 g/mol. The number of likely N-dealkylation sites (tertiary alicyclic amines) is 1. The van der Waals surface area contributed by atoms with E-state index in [1.54, 1.807) is 21.9 Å². The molecule has 0 radical (unpaired) electrons. The van der Waals surface area contributed by atoms with Crippen LogP contribution < -0.4 is 5.32 Å². The third-order valence-corrected chi connectivity index (χ3v) is 8.03. The van der Waals surface area contributed by atoms with Crippen molar-refractivity contribution in [1.82, 2.24) is 15.1 Å². The molecule has 0 bridgehead atoms. The fourth-order valence-electron chi connectivity index (χ4n) is 5.16. The summed E-state index contributed by atoms with van der Waals surface area (Å²) < 4.78 is 11.9. The fourth-order valence-corrected chi connectivity index (χ4v) is 5.85. The van der Waals surface area contributed by atoms with Crippen LogP contribution in [0.25, 0.3) is 0 Å². The molecule has 9 heteroatoms. The van der Waals surface area contributed by atoms with Crippen molar-refractivity contribution in [3.8, 4) is 0 Å². The van der Waals surface area contributed by atoms with E-state index in [1.807, 2.05) is 36.6 Å². The van der Waals surface area contributed by atoms with Gasteiger partial charge in [-0.1, -0.05) is 23.8 Å². The SMILES string of the molecule is Cc1ccc(C(=O)N2C(C(=O)NCC3CCCO3)COC23CCN(C(=O)c2cccs2)CC3)cc1. The number of thiophene rings is 1. The van der Waals surface area contributed by atoms with E-state index in [2.05, 4.69) is 5.32 Å². The topological polar surface area (TPSA) is 88.2 Å². The van der Waals surface area contributed by atoms with Crippen LogP contribution >= 0.6 is 11.3 Å². The van der Waals surface area contributed by atoms with Gasteiger partial charge in [-0.2, -0.15) is 0 Å². The maximum absolute atomic E-state index is 13.8. The highest BCUT2D eigenvalue weighted by Gasteiger charge is 2.54. The van der Waals surface area contributed by atoms with Gasteiger partial charge in [0, 0.05) is 44.6 Å². The number of benzene rings is 1. The smallest absolute Gasteiger partial charge is 0.263 e. The molecule has 35 heavy (non-hydrogen) atoms. The van der Waals surface area contributed by atoms with Gasteiger partial charge in [0.25, 0.3) is 11.8 Å². The Balaban J connectivity index is 1.35. The predicted octanol–water partition coefficient (Wildman–Crippen LogP) is 2.83. The van der Waals surface area contributed by atoms with E-state index in [1.165, 1.54) is 11.3 Å². The molecule has 186 valence electrons. The number of carbonyl (C=O) groups is 3. The zero-order chi connectivity index (χ0) is 24.4. The van der Waals surface area contributed by atoms with E-state index in [0.717, 1.165) is 25.0 Å². The van der Waals surface area contributed by atoms with Gasteiger partial charge in [0.1, 0.15) is 11.8 Å². The van der Waals surface area contributed by atoms with Gasteiger partial charge in [-0.05, 0) is 43.3 Å². The summed E-state index contributed by atoms with van der Waals surface area (Å²) in [7, 11) is 0. The van der Waals surface area contributed by atoms with E-state index in [-0.39, 0.29) is 30.4 Å². The van der Waals surface area contributed by atoms with Gasteiger partial charge in [0.05, 0.1) is 17.6 Å². The molecule has 1 aromatic carbocycles. The van der Waals surface area contributed by atoms with E-state index in [4.69, 9.17) is 9.47 Å². The minimum absolute atomic E-state index is 0.00452. The lowest BCUT2D eigenvalue weighted by Gasteiger charge is -2.44. The summed E-state index contributed by atoms with van der Waals surface area (Å²) in [5.41, 5.74) is 0.662. The predicted molar refractivity (Wildman–Crippen MR) is 131 cm³/mol. The first kappa shape index (κ1) is 24.0. The average Bonchev–Trinajstić information content (AvgIpc) is 3.65. The quantitative estimate of drug-likeness (QED) is 0.686.